The Morgan fingerprint density at radius 2 is 1.54 bits per heavy atom. The molecule has 0 aromatic heterocycles. The number of carbonyl (C=O) groups excluding carboxylic acids is 2. The third-order valence-corrected chi connectivity index (χ3v) is 7.30. The maximum Gasteiger partial charge on any atom is 0.407 e. The smallest absolute Gasteiger partial charge is 0.407 e. The van der Waals surface area contributed by atoms with E-state index < -0.39 is 18.1 Å². The van der Waals surface area contributed by atoms with E-state index in [-0.39, 0.29) is 37.3 Å². The highest BCUT2D eigenvalue weighted by Crippen LogP contribution is 2.44. The molecule has 0 spiro atoms. The van der Waals surface area contributed by atoms with Crippen LogP contribution >= 0.6 is 0 Å². The number of carboxylic acids is 1. The van der Waals surface area contributed by atoms with Crippen LogP contribution in [0.15, 0.2) is 48.5 Å². The topological polar surface area (TPSA) is 95.9 Å². The monoisotopic (exact) mass is 478 g/mol. The van der Waals surface area contributed by atoms with Crippen molar-refractivity contribution in [2.75, 3.05) is 13.7 Å². The van der Waals surface area contributed by atoms with Gasteiger partial charge in [-0.05, 0) is 41.5 Å². The van der Waals surface area contributed by atoms with Crippen molar-refractivity contribution in [1.82, 2.24) is 10.2 Å². The van der Waals surface area contributed by atoms with Gasteiger partial charge in [0.05, 0.1) is 0 Å². The average Bonchev–Trinajstić information content (AvgIpc) is 3.00. The molecule has 0 bridgehead atoms. The molecule has 1 fully saturated rings. The summed E-state index contributed by atoms with van der Waals surface area (Å²) in [5.41, 5.74) is 4.48. The predicted octanol–water partition coefficient (Wildman–Crippen LogP) is 4.94. The molecule has 2 aromatic carbocycles. The zero-order valence-corrected chi connectivity index (χ0v) is 20.2. The number of carbonyl (C=O) groups is 3. The van der Waals surface area contributed by atoms with Gasteiger partial charge in [0.25, 0.3) is 0 Å². The summed E-state index contributed by atoms with van der Waals surface area (Å²) in [6.45, 7) is 0.137. The van der Waals surface area contributed by atoms with Crippen LogP contribution in [0.5, 0.6) is 0 Å². The molecule has 7 nitrogen and oxygen atoms in total. The van der Waals surface area contributed by atoms with Gasteiger partial charge in [-0.1, -0.05) is 74.2 Å². The first-order valence-corrected chi connectivity index (χ1v) is 12.6. The number of benzene rings is 2. The molecule has 0 heterocycles. The molecule has 2 N–H and O–H groups in total. The Bertz CT molecular complexity index is 1020. The van der Waals surface area contributed by atoms with E-state index in [9.17, 15) is 14.4 Å². The molecule has 1 unspecified atom stereocenters. The summed E-state index contributed by atoms with van der Waals surface area (Å²) in [5, 5.41) is 11.8. The minimum atomic E-state index is -1.01. The molecule has 35 heavy (non-hydrogen) atoms. The van der Waals surface area contributed by atoms with Crippen LogP contribution in [0.3, 0.4) is 0 Å². The van der Waals surface area contributed by atoms with E-state index in [1.54, 1.807) is 11.9 Å². The van der Waals surface area contributed by atoms with Crippen LogP contribution in [0.25, 0.3) is 11.1 Å². The lowest BCUT2D eigenvalue weighted by Gasteiger charge is -2.31. The molecule has 4 rings (SSSR count). The number of hydrogen-bond acceptors (Lipinski definition) is 4. The van der Waals surface area contributed by atoms with Crippen molar-refractivity contribution < 1.29 is 24.2 Å². The number of hydrogen-bond donors (Lipinski definition) is 2. The van der Waals surface area contributed by atoms with Crippen LogP contribution in [0.1, 0.15) is 68.4 Å². The van der Waals surface area contributed by atoms with E-state index >= 15 is 0 Å². The van der Waals surface area contributed by atoms with E-state index in [2.05, 4.69) is 17.4 Å². The maximum atomic E-state index is 13.3. The van der Waals surface area contributed by atoms with Crippen LogP contribution < -0.4 is 5.32 Å². The number of nitrogens with zero attached hydrogens (tertiary/aromatic N) is 1. The quantitative estimate of drug-likeness (QED) is 0.524. The fourth-order valence-corrected chi connectivity index (χ4v) is 5.38. The normalized spacial score (nSPS) is 16.5. The van der Waals surface area contributed by atoms with Gasteiger partial charge < -0.3 is 20.1 Å². The zero-order chi connectivity index (χ0) is 24.8. The number of rotatable bonds is 8. The summed E-state index contributed by atoms with van der Waals surface area (Å²) in [6, 6.07) is 15.3. The van der Waals surface area contributed by atoms with Crippen LogP contribution in [0.4, 0.5) is 4.79 Å². The Kier molecular flexibility index (Phi) is 8.06. The standard InChI is InChI=1S/C28H34N2O5/c1-30(19-10-4-2-3-5-11-19)27(33)25(16-17-26(31)32)29-28(34)35-18-24-22-14-8-6-12-20(22)21-13-7-9-15-23(21)24/h6-9,12-15,19,24-25H,2-5,10-11,16-18H2,1H3,(H,29,34)(H,31,32). The van der Waals surface area contributed by atoms with Gasteiger partial charge in [0.1, 0.15) is 12.6 Å². The van der Waals surface area contributed by atoms with Crippen molar-refractivity contribution in [3.8, 4) is 11.1 Å². The summed E-state index contributed by atoms with van der Waals surface area (Å²) < 4.78 is 5.60. The molecule has 1 atom stereocenters. The Balaban J connectivity index is 1.42. The molecule has 0 radical (unpaired) electrons. The van der Waals surface area contributed by atoms with Crippen molar-refractivity contribution in [3.05, 3.63) is 59.7 Å². The second kappa shape index (κ2) is 11.4. The minimum absolute atomic E-state index is 0.0232. The van der Waals surface area contributed by atoms with Crippen molar-refractivity contribution in [3.63, 3.8) is 0 Å². The summed E-state index contributed by atoms with van der Waals surface area (Å²) in [7, 11) is 1.76. The SMILES string of the molecule is CN(C(=O)C(CCC(=O)O)NC(=O)OCC1c2ccccc2-c2ccccc21)C1CCCCCC1. The summed E-state index contributed by atoms with van der Waals surface area (Å²) in [6.07, 6.45) is 5.44. The van der Waals surface area contributed by atoms with Crippen molar-refractivity contribution in [2.24, 2.45) is 0 Å². The van der Waals surface area contributed by atoms with Gasteiger partial charge in [-0.3, -0.25) is 9.59 Å². The van der Waals surface area contributed by atoms with E-state index in [4.69, 9.17) is 9.84 Å². The first-order chi connectivity index (χ1) is 17.0. The Morgan fingerprint density at radius 1 is 0.971 bits per heavy atom. The maximum absolute atomic E-state index is 13.3. The third-order valence-electron chi connectivity index (χ3n) is 7.30. The lowest BCUT2D eigenvalue weighted by molar-refractivity contribution is -0.138. The van der Waals surface area contributed by atoms with E-state index in [0.717, 1.165) is 47.9 Å². The molecule has 2 aliphatic carbocycles. The Hall–Kier alpha value is -3.35. The lowest BCUT2D eigenvalue weighted by atomic mass is 9.98. The number of aliphatic carboxylic acids is 1. The van der Waals surface area contributed by atoms with Gasteiger partial charge in [-0.2, -0.15) is 0 Å². The molecule has 2 aromatic rings. The van der Waals surface area contributed by atoms with E-state index in [0.29, 0.717) is 0 Å². The average molecular weight is 479 g/mol. The highest BCUT2D eigenvalue weighted by molar-refractivity contribution is 5.86. The largest absolute Gasteiger partial charge is 0.481 e. The van der Waals surface area contributed by atoms with Crippen LogP contribution in [0.2, 0.25) is 0 Å². The first kappa shape index (κ1) is 24.8. The molecule has 0 aliphatic heterocycles. The van der Waals surface area contributed by atoms with Crippen molar-refractivity contribution >= 4 is 18.0 Å². The van der Waals surface area contributed by atoms with Crippen molar-refractivity contribution in [2.45, 2.75) is 69.4 Å². The number of alkyl carbamates (subject to hydrolysis) is 1. The Morgan fingerprint density at radius 3 is 2.11 bits per heavy atom. The third kappa shape index (κ3) is 5.84. The first-order valence-electron chi connectivity index (χ1n) is 12.6. The number of fused-ring (bicyclic) bond motifs is 3. The van der Waals surface area contributed by atoms with Gasteiger partial charge in [-0.25, -0.2) is 4.79 Å². The molecule has 0 saturated heterocycles. The van der Waals surface area contributed by atoms with Gasteiger partial charge >= 0.3 is 12.1 Å². The highest BCUT2D eigenvalue weighted by Gasteiger charge is 2.32. The fourth-order valence-electron chi connectivity index (χ4n) is 5.38. The second-order valence-corrected chi connectivity index (χ2v) is 9.55. The number of carboxylic acid groups (broad SMARTS) is 1. The van der Waals surface area contributed by atoms with Gasteiger partial charge in [-0.15, -0.1) is 0 Å². The van der Waals surface area contributed by atoms with Crippen LogP contribution in [-0.4, -0.2) is 53.7 Å². The second-order valence-electron chi connectivity index (χ2n) is 9.55. The number of likely N-dealkylation sites (N-methyl/N-ethyl adjacent to an activating group) is 1. The summed E-state index contributed by atoms with van der Waals surface area (Å²) in [4.78, 5) is 38.9. The molecular weight excluding hydrogens is 444 g/mol. The summed E-state index contributed by atoms with van der Waals surface area (Å²) in [5.74, 6) is -1.35. The van der Waals surface area contributed by atoms with E-state index in [1.165, 1.54) is 12.8 Å². The van der Waals surface area contributed by atoms with Crippen molar-refractivity contribution in [1.29, 1.82) is 0 Å². The van der Waals surface area contributed by atoms with Gasteiger partial charge in [0.2, 0.25) is 5.91 Å². The Labute approximate surface area is 206 Å². The molecule has 186 valence electrons. The van der Waals surface area contributed by atoms with Gasteiger partial charge in [0.15, 0.2) is 0 Å². The van der Waals surface area contributed by atoms with E-state index in [1.807, 2.05) is 36.4 Å². The predicted molar refractivity (Wildman–Crippen MR) is 133 cm³/mol. The molecule has 2 aliphatic rings. The fraction of sp³-hybridized carbons (Fsp3) is 0.464. The zero-order valence-electron chi connectivity index (χ0n) is 20.2. The van der Waals surface area contributed by atoms with Gasteiger partial charge in [0, 0.05) is 25.4 Å². The number of amides is 2. The summed E-state index contributed by atoms with van der Waals surface area (Å²) >= 11 is 0. The highest BCUT2D eigenvalue weighted by atomic mass is 16.5. The molecule has 7 heteroatoms. The van der Waals surface area contributed by atoms with Crippen LogP contribution in [0, 0.1) is 0 Å². The molecular formula is C28H34N2O5. The minimum Gasteiger partial charge on any atom is -0.481 e. The number of ether oxygens (including phenoxy) is 1. The number of nitrogens with one attached hydrogen (secondary N) is 1. The molecule has 1 saturated carbocycles. The van der Waals surface area contributed by atoms with Crippen LogP contribution in [-0.2, 0) is 14.3 Å². The lowest BCUT2D eigenvalue weighted by Crippen LogP contribution is -2.50. The molecule has 2 amide bonds.